The molecular formula is C21H21F2N5O3S. The number of nitrogens with one attached hydrogen (secondary N) is 1. The second kappa shape index (κ2) is 10.3. The summed E-state index contributed by atoms with van der Waals surface area (Å²) in [5, 5.41) is 9.93. The van der Waals surface area contributed by atoms with E-state index in [4.69, 9.17) is 4.74 Å². The molecule has 1 saturated heterocycles. The Balaban J connectivity index is 0.00000141. The van der Waals surface area contributed by atoms with Crippen molar-refractivity contribution in [3.05, 3.63) is 58.4 Å². The van der Waals surface area contributed by atoms with Crippen molar-refractivity contribution in [2.24, 2.45) is 7.05 Å². The first kappa shape index (κ1) is 23.3. The quantitative estimate of drug-likeness (QED) is 0.628. The van der Waals surface area contributed by atoms with E-state index in [-0.39, 0.29) is 28.3 Å². The minimum absolute atomic E-state index is 0.110. The van der Waals surface area contributed by atoms with Crippen LogP contribution < -0.4 is 15.0 Å². The predicted octanol–water partition coefficient (Wildman–Crippen LogP) is 3.41. The van der Waals surface area contributed by atoms with Gasteiger partial charge in [0.1, 0.15) is 17.4 Å². The molecular weight excluding hydrogens is 440 g/mol. The molecule has 8 nitrogen and oxygen atoms in total. The number of hydrogen-bond donors (Lipinski definition) is 1. The molecule has 0 amide bonds. The molecule has 0 spiro atoms. The van der Waals surface area contributed by atoms with Gasteiger partial charge in [-0.15, -0.1) is 0 Å². The average Bonchev–Trinajstić information content (AvgIpc) is 3.35. The Hall–Kier alpha value is -3.36. The molecule has 1 aliphatic rings. The maximum absolute atomic E-state index is 14.5. The molecule has 1 unspecified atom stereocenters. The van der Waals surface area contributed by atoms with E-state index in [0.29, 0.717) is 31.2 Å². The lowest BCUT2D eigenvalue weighted by molar-refractivity contribution is 0.441. The average molecular weight is 461 g/mol. The van der Waals surface area contributed by atoms with Crippen molar-refractivity contribution in [2.75, 3.05) is 25.0 Å². The number of halogens is 2. The van der Waals surface area contributed by atoms with E-state index >= 15 is 0 Å². The minimum atomic E-state index is -1.54. The third-order valence-corrected chi connectivity index (χ3v) is 6.06. The summed E-state index contributed by atoms with van der Waals surface area (Å²) >= 11 is -1.54. The van der Waals surface area contributed by atoms with Crippen LogP contribution in [0.3, 0.4) is 0 Å². The number of alkyl halides is 1. The molecule has 1 aromatic heterocycles. The number of fused-ring (bicyclic) bond motifs is 1. The molecule has 11 heteroatoms. The van der Waals surface area contributed by atoms with Crippen LogP contribution in [-0.4, -0.2) is 38.3 Å². The maximum atomic E-state index is 14.5. The van der Waals surface area contributed by atoms with Gasteiger partial charge in [0.05, 0.1) is 30.1 Å². The fourth-order valence-electron chi connectivity index (χ4n) is 3.24. The van der Waals surface area contributed by atoms with Crippen LogP contribution in [0.2, 0.25) is 0 Å². The van der Waals surface area contributed by atoms with Crippen LogP contribution in [0.25, 0.3) is 10.9 Å². The van der Waals surface area contributed by atoms with E-state index in [2.05, 4.69) is 9.71 Å². The van der Waals surface area contributed by atoms with Crippen molar-refractivity contribution in [3.63, 3.8) is 0 Å². The van der Waals surface area contributed by atoms with Gasteiger partial charge in [0.15, 0.2) is 22.7 Å². The highest BCUT2D eigenvalue weighted by Gasteiger charge is 2.22. The molecule has 0 radical (unpaired) electrons. The van der Waals surface area contributed by atoms with Gasteiger partial charge in [-0.2, -0.15) is 5.26 Å². The lowest BCUT2D eigenvalue weighted by Crippen LogP contribution is -2.27. The predicted molar refractivity (Wildman–Crippen MR) is 118 cm³/mol. The van der Waals surface area contributed by atoms with Crippen LogP contribution >= 0.6 is 0 Å². The molecule has 1 N–H and O–H groups in total. The lowest BCUT2D eigenvalue weighted by Gasteiger charge is -2.17. The van der Waals surface area contributed by atoms with Crippen LogP contribution in [0.4, 0.5) is 14.5 Å². The molecule has 0 saturated carbocycles. The van der Waals surface area contributed by atoms with Gasteiger partial charge in [0, 0.05) is 20.1 Å². The topological polar surface area (TPSA) is 100 Å². The van der Waals surface area contributed by atoms with Crippen molar-refractivity contribution < 1.29 is 17.7 Å². The Morgan fingerprint density at radius 3 is 2.62 bits per heavy atom. The Morgan fingerprint density at radius 1 is 1.22 bits per heavy atom. The van der Waals surface area contributed by atoms with Gasteiger partial charge < -0.3 is 9.30 Å². The van der Waals surface area contributed by atoms with Gasteiger partial charge in [-0.05, 0) is 43.2 Å². The monoisotopic (exact) mass is 461 g/mol. The molecule has 0 bridgehead atoms. The van der Waals surface area contributed by atoms with Crippen molar-refractivity contribution in [3.8, 4) is 17.6 Å². The van der Waals surface area contributed by atoms with E-state index in [0.717, 1.165) is 18.9 Å². The molecule has 3 aromatic rings. The Morgan fingerprint density at radius 2 is 1.94 bits per heavy atom. The highest BCUT2D eigenvalue weighted by Crippen LogP contribution is 2.34. The zero-order valence-corrected chi connectivity index (χ0v) is 18.3. The van der Waals surface area contributed by atoms with Crippen molar-refractivity contribution >= 4 is 27.8 Å². The van der Waals surface area contributed by atoms with E-state index in [1.807, 2.05) is 6.07 Å². The summed E-state index contributed by atoms with van der Waals surface area (Å²) in [7, 11) is 2.07. The van der Waals surface area contributed by atoms with E-state index in [9.17, 15) is 23.0 Å². The molecule has 1 fully saturated rings. The van der Waals surface area contributed by atoms with Gasteiger partial charge in [-0.3, -0.25) is 13.9 Å². The highest BCUT2D eigenvalue weighted by molar-refractivity contribution is 7.84. The smallest absolute Gasteiger partial charge is 0.261 e. The Bertz CT molecular complexity index is 1250. The summed E-state index contributed by atoms with van der Waals surface area (Å²) in [5.74, 6) is -0.870. The number of rotatable bonds is 5. The zero-order chi connectivity index (χ0) is 23.3. The summed E-state index contributed by atoms with van der Waals surface area (Å²) in [6, 6.07) is 8.99. The summed E-state index contributed by atoms with van der Waals surface area (Å²) < 4.78 is 48.0. The molecule has 2 aromatic carbocycles. The molecule has 4 rings (SSSR count). The summed E-state index contributed by atoms with van der Waals surface area (Å²) in [6.45, 7) is 1.37. The Labute approximate surface area is 185 Å². The van der Waals surface area contributed by atoms with Crippen LogP contribution in [0.15, 0.2) is 41.5 Å². The maximum Gasteiger partial charge on any atom is 0.261 e. The largest absolute Gasteiger partial charge is 0.453 e. The van der Waals surface area contributed by atoms with Crippen molar-refractivity contribution in [1.29, 1.82) is 5.26 Å². The normalized spacial score (nSPS) is 14.3. The first-order valence-electron chi connectivity index (χ1n) is 9.65. The molecule has 168 valence electrons. The van der Waals surface area contributed by atoms with Crippen LogP contribution in [-0.2, 0) is 18.2 Å². The van der Waals surface area contributed by atoms with Crippen LogP contribution in [0.1, 0.15) is 18.4 Å². The number of hydrogen-bond acceptors (Lipinski definition) is 5. The van der Waals surface area contributed by atoms with Gasteiger partial charge in [-0.1, -0.05) is 0 Å². The number of aryl methyl sites for hydroxylation is 1. The molecule has 0 aliphatic carbocycles. The second-order valence-electron chi connectivity index (χ2n) is 6.84. The van der Waals surface area contributed by atoms with Crippen molar-refractivity contribution in [2.45, 2.75) is 12.8 Å². The molecule has 1 aliphatic heterocycles. The van der Waals surface area contributed by atoms with Crippen LogP contribution in [0.5, 0.6) is 11.5 Å². The van der Waals surface area contributed by atoms with Crippen molar-refractivity contribution in [1.82, 2.24) is 13.9 Å². The van der Waals surface area contributed by atoms with Gasteiger partial charge in [0.2, 0.25) is 0 Å². The number of aromatic nitrogens is 2. The number of nitrogens with zero attached hydrogens (tertiary/aromatic N) is 4. The molecule has 32 heavy (non-hydrogen) atoms. The third-order valence-electron chi connectivity index (χ3n) is 4.83. The number of anilines is 1. The second-order valence-corrected chi connectivity index (χ2v) is 8.06. The molecule has 2 heterocycles. The lowest BCUT2D eigenvalue weighted by atomic mass is 10.1. The first-order chi connectivity index (χ1) is 15.5. The fraction of sp³-hybridized carbons (Fsp3) is 0.286. The van der Waals surface area contributed by atoms with E-state index in [1.165, 1.54) is 29.1 Å². The summed E-state index contributed by atoms with van der Waals surface area (Å²) in [5.41, 5.74) is 0.296. The molecule has 1 atom stereocenters. The fourth-order valence-corrected chi connectivity index (χ4v) is 4.31. The van der Waals surface area contributed by atoms with E-state index in [1.54, 1.807) is 17.4 Å². The van der Waals surface area contributed by atoms with Gasteiger partial charge >= 0.3 is 0 Å². The van der Waals surface area contributed by atoms with E-state index < -0.39 is 17.0 Å². The first-order valence-corrected chi connectivity index (χ1v) is 10.8. The third kappa shape index (κ3) is 4.76. The van der Waals surface area contributed by atoms with Gasteiger partial charge in [-0.25, -0.2) is 17.9 Å². The zero-order valence-electron chi connectivity index (χ0n) is 17.5. The van der Waals surface area contributed by atoms with Crippen LogP contribution in [0, 0.1) is 17.1 Å². The standard InChI is InChI=1S/C20H18FN5O3S.CH3F/c1-25-12-23-17-6-4-13(10-14(17)20(25)27)29-19-15(11-22)18(7-5-16(19)21)24-30(28)26-8-2-3-9-26;1-2/h4-7,10,12,24H,2-3,8-9H2,1H3;1H3. The summed E-state index contributed by atoms with van der Waals surface area (Å²) in [4.78, 5) is 16.5. The number of ether oxygens (including phenoxy) is 1. The SMILES string of the molecule is CF.Cn1cnc2ccc(Oc3c(F)ccc(NS(=O)N4CCCC4)c3C#N)cc2c1=O. The Kier molecular flexibility index (Phi) is 7.50. The summed E-state index contributed by atoms with van der Waals surface area (Å²) in [6.07, 6.45) is 3.31. The minimum Gasteiger partial charge on any atom is -0.453 e. The van der Waals surface area contributed by atoms with Gasteiger partial charge in [0.25, 0.3) is 5.56 Å². The number of nitriles is 1. The number of benzene rings is 2. The highest BCUT2D eigenvalue weighted by atomic mass is 32.2.